The van der Waals surface area contributed by atoms with Crippen LogP contribution in [0.25, 0.3) is 16.8 Å². The van der Waals surface area contributed by atoms with Gasteiger partial charge in [-0.2, -0.15) is 5.10 Å². The number of hydrogen-bond donors (Lipinski definition) is 1. The Morgan fingerprint density at radius 2 is 1.92 bits per heavy atom. The van der Waals surface area contributed by atoms with E-state index in [0.29, 0.717) is 0 Å². The molecule has 1 saturated carbocycles. The third kappa shape index (κ3) is 2.85. The van der Waals surface area contributed by atoms with Crippen LogP contribution in [0.3, 0.4) is 0 Å². The van der Waals surface area contributed by atoms with Crippen molar-refractivity contribution in [3.8, 4) is 11.3 Å². The van der Waals surface area contributed by atoms with E-state index in [4.69, 9.17) is 0 Å². The van der Waals surface area contributed by atoms with E-state index in [1.807, 2.05) is 47.2 Å². The smallest absolute Gasteiger partial charge is 0.130 e. The van der Waals surface area contributed by atoms with Crippen molar-refractivity contribution in [3.63, 3.8) is 0 Å². The van der Waals surface area contributed by atoms with Crippen LogP contribution in [0.1, 0.15) is 24.3 Å². The van der Waals surface area contributed by atoms with Crippen molar-refractivity contribution in [2.75, 3.05) is 5.32 Å². The molecule has 0 unspecified atom stereocenters. The molecule has 5 heteroatoms. The number of aromatic nitrogens is 4. The Balaban J connectivity index is 1.41. The van der Waals surface area contributed by atoms with Gasteiger partial charge in [-0.3, -0.25) is 4.98 Å². The first kappa shape index (κ1) is 14.2. The van der Waals surface area contributed by atoms with Gasteiger partial charge >= 0.3 is 0 Å². The van der Waals surface area contributed by atoms with Crippen molar-refractivity contribution in [1.82, 2.24) is 19.6 Å². The van der Waals surface area contributed by atoms with Gasteiger partial charge in [0.25, 0.3) is 0 Å². The molecule has 5 rings (SSSR count). The van der Waals surface area contributed by atoms with E-state index in [1.165, 1.54) is 18.4 Å². The fourth-order valence-corrected chi connectivity index (χ4v) is 3.03. The molecule has 0 radical (unpaired) electrons. The van der Waals surface area contributed by atoms with Gasteiger partial charge in [-0.1, -0.05) is 6.07 Å². The lowest BCUT2D eigenvalue weighted by molar-refractivity contribution is 0.962. The lowest BCUT2D eigenvalue weighted by Gasteiger charge is -2.08. The van der Waals surface area contributed by atoms with E-state index in [1.54, 1.807) is 12.4 Å². The number of pyridine rings is 3. The molecule has 25 heavy (non-hydrogen) atoms. The predicted octanol–water partition coefficient (Wildman–Crippen LogP) is 4.41. The Hall–Kier alpha value is -3.21. The third-order valence-electron chi connectivity index (χ3n) is 4.56. The monoisotopic (exact) mass is 327 g/mol. The summed E-state index contributed by atoms with van der Waals surface area (Å²) in [5.41, 5.74) is 5.38. The molecule has 0 atom stereocenters. The average Bonchev–Trinajstić information content (AvgIpc) is 3.40. The molecular weight excluding hydrogens is 310 g/mol. The van der Waals surface area contributed by atoms with Crippen molar-refractivity contribution in [1.29, 1.82) is 0 Å². The lowest BCUT2D eigenvalue weighted by Crippen LogP contribution is -1.96. The summed E-state index contributed by atoms with van der Waals surface area (Å²) in [6.07, 6.45) is 10.1. The maximum Gasteiger partial charge on any atom is 0.130 e. The Bertz CT molecular complexity index is 1030. The summed E-state index contributed by atoms with van der Waals surface area (Å²) in [5, 5.41) is 7.60. The topological polar surface area (TPSA) is 55.1 Å². The number of anilines is 2. The van der Waals surface area contributed by atoms with E-state index >= 15 is 0 Å². The van der Waals surface area contributed by atoms with Crippen molar-refractivity contribution >= 4 is 17.0 Å². The molecule has 0 bridgehead atoms. The fraction of sp³-hybridized carbons (Fsp3) is 0.150. The summed E-state index contributed by atoms with van der Waals surface area (Å²) < 4.78 is 1.84. The molecule has 1 aliphatic carbocycles. The minimum Gasteiger partial charge on any atom is -0.339 e. The SMILES string of the molecule is c1cc(-c2ccc(C3CC3)cn2)cc(Nc2ccc3ccnn3c2)n1. The lowest BCUT2D eigenvalue weighted by atomic mass is 10.1. The van der Waals surface area contributed by atoms with Crippen molar-refractivity contribution in [3.05, 3.63) is 72.8 Å². The van der Waals surface area contributed by atoms with Crippen LogP contribution in [-0.4, -0.2) is 19.6 Å². The molecule has 1 N–H and O–H groups in total. The van der Waals surface area contributed by atoms with Crippen molar-refractivity contribution in [2.24, 2.45) is 0 Å². The molecule has 4 aromatic rings. The summed E-state index contributed by atoms with van der Waals surface area (Å²) in [6.45, 7) is 0. The molecular formula is C20H17N5. The Kier molecular flexibility index (Phi) is 3.23. The maximum atomic E-state index is 4.62. The van der Waals surface area contributed by atoms with Crippen LogP contribution in [-0.2, 0) is 0 Å². The van der Waals surface area contributed by atoms with Gasteiger partial charge in [0, 0.05) is 24.2 Å². The van der Waals surface area contributed by atoms with Crippen molar-refractivity contribution in [2.45, 2.75) is 18.8 Å². The van der Waals surface area contributed by atoms with Gasteiger partial charge in [0.1, 0.15) is 5.82 Å². The normalized spacial score (nSPS) is 13.9. The van der Waals surface area contributed by atoms with Gasteiger partial charge in [0.05, 0.1) is 23.1 Å². The second kappa shape index (κ2) is 5.70. The van der Waals surface area contributed by atoms with Crippen LogP contribution in [0.4, 0.5) is 11.5 Å². The Labute approximate surface area is 145 Å². The minimum absolute atomic E-state index is 0.730. The molecule has 0 aliphatic heterocycles. The van der Waals surface area contributed by atoms with E-state index in [-0.39, 0.29) is 0 Å². The minimum atomic E-state index is 0.730. The van der Waals surface area contributed by atoms with E-state index in [0.717, 1.165) is 34.2 Å². The highest BCUT2D eigenvalue weighted by atomic mass is 15.2. The summed E-state index contributed by atoms with van der Waals surface area (Å²) in [6, 6.07) is 14.3. The molecule has 5 nitrogen and oxygen atoms in total. The quantitative estimate of drug-likeness (QED) is 0.603. The second-order valence-electron chi connectivity index (χ2n) is 6.42. The zero-order valence-electron chi connectivity index (χ0n) is 13.6. The van der Waals surface area contributed by atoms with Gasteiger partial charge in [0.15, 0.2) is 0 Å². The zero-order valence-corrected chi connectivity index (χ0v) is 13.6. The van der Waals surface area contributed by atoms with Gasteiger partial charge in [0.2, 0.25) is 0 Å². The Morgan fingerprint density at radius 1 is 0.960 bits per heavy atom. The number of nitrogens with zero attached hydrogens (tertiary/aromatic N) is 4. The van der Waals surface area contributed by atoms with Crippen LogP contribution in [0.15, 0.2) is 67.3 Å². The third-order valence-corrected chi connectivity index (χ3v) is 4.56. The molecule has 1 aliphatic rings. The highest BCUT2D eigenvalue weighted by molar-refractivity contribution is 5.66. The Morgan fingerprint density at radius 3 is 2.76 bits per heavy atom. The summed E-state index contributed by atoms with van der Waals surface area (Å²) in [7, 11) is 0. The average molecular weight is 327 g/mol. The highest BCUT2D eigenvalue weighted by Crippen LogP contribution is 2.39. The molecule has 4 aromatic heterocycles. The summed E-state index contributed by atoms with van der Waals surface area (Å²) in [4.78, 5) is 9.04. The van der Waals surface area contributed by atoms with Crippen LogP contribution in [0.2, 0.25) is 0 Å². The molecule has 0 saturated heterocycles. The largest absolute Gasteiger partial charge is 0.339 e. The first-order chi connectivity index (χ1) is 12.3. The number of nitrogens with one attached hydrogen (secondary N) is 1. The molecule has 4 heterocycles. The van der Waals surface area contributed by atoms with Crippen LogP contribution >= 0.6 is 0 Å². The van der Waals surface area contributed by atoms with E-state index in [9.17, 15) is 0 Å². The highest BCUT2D eigenvalue weighted by Gasteiger charge is 2.23. The summed E-state index contributed by atoms with van der Waals surface area (Å²) in [5.74, 6) is 1.52. The molecule has 0 amide bonds. The number of hydrogen-bond acceptors (Lipinski definition) is 4. The molecule has 1 fully saturated rings. The van der Waals surface area contributed by atoms with Gasteiger partial charge in [-0.25, -0.2) is 9.50 Å². The van der Waals surface area contributed by atoms with Crippen LogP contribution < -0.4 is 5.32 Å². The zero-order chi connectivity index (χ0) is 16.6. The number of fused-ring (bicyclic) bond motifs is 1. The first-order valence-corrected chi connectivity index (χ1v) is 8.48. The predicted molar refractivity (Wildman–Crippen MR) is 97.9 cm³/mol. The standard InChI is InChI=1S/C20H17N5/c1-2-14(1)16-3-6-19(22-12-16)15-7-9-21-20(11-15)24-17-4-5-18-8-10-23-25(18)13-17/h3-14H,1-2H2,(H,21,24). The molecule has 0 spiro atoms. The van der Waals surface area contributed by atoms with Gasteiger partial charge < -0.3 is 5.32 Å². The number of rotatable bonds is 4. The van der Waals surface area contributed by atoms with Gasteiger partial charge in [-0.05, 0) is 60.7 Å². The second-order valence-corrected chi connectivity index (χ2v) is 6.42. The summed E-state index contributed by atoms with van der Waals surface area (Å²) >= 11 is 0. The molecule has 122 valence electrons. The fourth-order valence-electron chi connectivity index (χ4n) is 3.03. The first-order valence-electron chi connectivity index (χ1n) is 8.48. The van der Waals surface area contributed by atoms with Crippen LogP contribution in [0, 0.1) is 0 Å². The molecule has 0 aromatic carbocycles. The van der Waals surface area contributed by atoms with E-state index in [2.05, 4.69) is 32.5 Å². The maximum absolute atomic E-state index is 4.62. The van der Waals surface area contributed by atoms with E-state index < -0.39 is 0 Å². The van der Waals surface area contributed by atoms with Crippen molar-refractivity contribution < 1.29 is 0 Å². The van der Waals surface area contributed by atoms with Crippen LogP contribution in [0.5, 0.6) is 0 Å². The van der Waals surface area contributed by atoms with Gasteiger partial charge in [-0.15, -0.1) is 0 Å².